The molecule has 386 valence electrons. The average molecular weight is 997 g/mol. The van der Waals surface area contributed by atoms with Crippen molar-refractivity contribution in [2.45, 2.75) is 200 Å². The van der Waals surface area contributed by atoms with Crippen LogP contribution in [0.15, 0.2) is 109 Å². The zero-order chi connectivity index (χ0) is 53.6. The van der Waals surface area contributed by atoms with Gasteiger partial charge in [0.05, 0.1) is 5.69 Å². The van der Waals surface area contributed by atoms with E-state index in [1.807, 2.05) is 0 Å². The standard InChI is InChI=1S/C73H81BN2/c1-42-36-51-54(70(10,11)34-32-67(51,4)5)39-58(42)75-60-41-56-61(44-22-18-20-24-47(44)73(56,16)17)63-46-38-53-55(71(12,13)35-33-69(53,8)9)40-59(46)76(43-26-27-49-52(37-43)68(6,7)31-30-66(49,2)3)74(64(60)63)57-29-28-50-62(65(57)75)45-23-19-21-25-48(45)72(50,14)15/h18-29,36-41H,30-35H2,1-17H3. The molecule has 7 aromatic carbocycles. The zero-order valence-electron chi connectivity index (χ0n) is 49.1. The van der Waals surface area contributed by atoms with Crippen LogP contribution in [0.2, 0.25) is 0 Å². The van der Waals surface area contributed by atoms with E-state index in [-0.39, 0.29) is 50.2 Å². The second-order valence-electron chi connectivity index (χ2n) is 30.1. The highest BCUT2D eigenvalue weighted by Gasteiger charge is 2.54. The number of anilines is 5. The Bertz CT molecular complexity index is 3750. The van der Waals surface area contributed by atoms with Crippen molar-refractivity contribution in [2.75, 3.05) is 9.71 Å². The Balaban J connectivity index is 1.20. The average Bonchev–Trinajstić information content (AvgIpc) is 3.93. The summed E-state index contributed by atoms with van der Waals surface area (Å²) in [6, 6.07) is 45.2. The minimum atomic E-state index is -0.229. The first-order valence-electron chi connectivity index (χ1n) is 29.3. The van der Waals surface area contributed by atoms with E-state index in [0.717, 1.165) is 0 Å². The molecule has 2 heterocycles. The normalized spacial score (nSPS) is 21.7. The summed E-state index contributed by atoms with van der Waals surface area (Å²) in [5, 5.41) is 0. The van der Waals surface area contributed by atoms with E-state index in [1.54, 1.807) is 0 Å². The molecule has 0 saturated heterocycles. The first-order chi connectivity index (χ1) is 35.6. The van der Waals surface area contributed by atoms with Crippen molar-refractivity contribution in [3.05, 3.63) is 170 Å². The number of hydrogen-bond donors (Lipinski definition) is 0. The Labute approximate surface area is 456 Å². The molecule has 0 amide bonds. The predicted octanol–water partition coefficient (Wildman–Crippen LogP) is 18.4. The molecule has 7 aromatic rings. The summed E-state index contributed by atoms with van der Waals surface area (Å²) in [6.45, 7) is 42.3. The third-order valence-corrected chi connectivity index (χ3v) is 22.0. The molecule has 0 unspecified atom stereocenters. The van der Waals surface area contributed by atoms with Crippen molar-refractivity contribution in [3.63, 3.8) is 0 Å². The van der Waals surface area contributed by atoms with Gasteiger partial charge in [-0.2, -0.15) is 0 Å². The number of hydrogen-bond acceptors (Lipinski definition) is 2. The number of nitrogens with zero attached hydrogens (tertiary/aromatic N) is 2. The molecule has 76 heavy (non-hydrogen) atoms. The minimum absolute atomic E-state index is 0.0236. The molecule has 0 radical (unpaired) electrons. The molecule has 0 atom stereocenters. The number of benzene rings is 7. The summed E-state index contributed by atoms with van der Waals surface area (Å²) in [5.74, 6) is 0. The Hall–Kier alpha value is -5.80. The molecule has 2 aliphatic heterocycles. The van der Waals surface area contributed by atoms with Crippen LogP contribution in [0.1, 0.15) is 211 Å². The lowest BCUT2D eigenvalue weighted by Gasteiger charge is -2.50. The van der Waals surface area contributed by atoms with E-state index in [1.165, 1.54) is 172 Å². The van der Waals surface area contributed by atoms with E-state index < -0.39 is 0 Å². The van der Waals surface area contributed by atoms with Crippen LogP contribution < -0.4 is 20.6 Å². The topological polar surface area (TPSA) is 6.48 Å². The molecule has 3 heteroatoms. The van der Waals surface area contributed by atoms with E-state index in [4.69, 9.17) is 0 Å². The molecule has 5 aliphatic carbocycles. The maximum Gasteiger partial charge on any atom is 0.333 e. The van der Waals surface area contributed by atoms with Crippen molar-refractivity contribution in [1.82, 2.24) is 0 Å². The largest absolute Gasteiger partial charge is 0.376 e. The van der Waals surface area contributed by atoms with Crippen LogP contribution in [0.5, 0.6) is 0 Å². The Kier molecular flexibility index (Phi) is 9.49. The molecule has 0 bridgehead atoms. The fourth-order valence-corrected chi connectivity index (χ4v) is 16.7. The van der Waals surface area contributed by atoms with Crippen LogP contribution in [0, 0.1) is 6.92 Å². The second kappa shape index (κ2) is 14.9. The molecule has 0 aromatic heterocycles. The van der Waals surface area contributed by atoms with E-state index in [0.29, 0.717) is 0 Å². The van der Waals surface area contributed by atoms with Gasteiger partial charge in [-0.1, -0.05) is 184 Å². The fourth-order valence-electron chi connectivity index (χ4n) is 16.7. The number of aryl methyl sites for hydroxylation is 1. The van der Waals surface area contributed by atoms with Gasteiger partial charge in [-0.05, 0) is 209 Å². The molecule has 0 saturated carbocycles. The molecule has 2 nitrogen and oxygen atoms in total. The van der Waals surface area contributed by atoms with Gasteiger partial charge in [0.15, 0.2) is 0 Å². The first kappa shape index (κ1) is 48.6. The Morgan fingerprint density at radius 1 is 0.355 bits per heavy atom. The van der Waals surface area contributed by atoms with Crippen LogP contribution >= 0.6 is 0 Å². The maximum absolute atomic E-state index is 2.88. The van der Waals surface area contributed by atoms with Gasteiger partial charge in [0.1, 0.15) is 0 Å². The van der Waals surface area contributed by atoms with Crippen LogP contribution in [0.4, 0.5) is 28.4 Å². The number of fused-ring (bicyclic) bond motifs is 15. The quantitative estimate of drug-likeness (QED) is 0.159. The maximum atomic E-state index is 2.88. The second-order valence-corrected chi connectivity index (χ2v) is 30.1. The van der Waals surface area contributed by atoms with Gasteiger partial charge in [-0.25, -0.2) is 0 Å². The lowest BCUT2D eigenvalue weighted by atomic mass is 9.42. The predicted molar refractivity (Wildman–Crippen MR) is 326 cm³/mol. The summed E-state index contributed by atoms with van der Waals surface area (Å²) < 4.78 is 0. The van der Waals surface area contributed by atoms with Crippen LogP contribution in [-0.2, 0) is 43.3 Å². The lowest BCUT2D eigenvalue weighted by molar-refractivity contribution is 0.332. The first-order valence-corrected chi connectivity index (χ1v) is 29.3. The van der Waals surface area contributed by atoms with Crippen molar-refractivity contribution in [1.29, 1.82) is 0 Å². The van der Waals surface area contributed by atoms with Gasteiger partial charge >= 0.3 is 6.85 Å². The molecular weight excluding hydrogens is 916 g/mol. The van der Waals surface area contributed by atoms with Crippen molar-refractivity contribution >= 4 is 46.2 Å². The van der Waals surface area contributed by atoms with Crippen LogP contribution in [0.25, 0.3) is 33.4 Å². The van der Waals surface area contributed by atoms with Gasteiger partial charge in [-0.3, -0.25) is 0 Å². The Morgan fingerprint density at radius 2 is 0.803 bits per heavy atom. The highest BCUT2D eigenvalue weighted by molar-refractivity contribution is 6.94. The fraction of sp³-hybridized carbons (Fsp3) is 0.425. The van der Waals surface area contributed by atoms with Gasteiger partial charge in [0.2, 0.25) is 0 Å². The monoisotopic (exact) mass is 997 g/mol. The third kappa shape index (κ3) is 6.18. The van der Waals surface area contributed by atoms with E-state index in [2.05, 4.69) is 237 Å². The zero-order valence-corrected chi connectivity index (χ0v) is 49.1. The molecule has 0 fully saturated rings. The van der Waals surface area contributed by atoms with Crippen molar-refractivity contribution in [2.24, 2.45) is 0 Å². The third-order valence-electron chi connectivity index (χ3n) is 22.0. The smallest absolute Gasteiger partial charge is 0.333 e. The molecular formula is C73H81BN2. The van der Waals surface area contributed by atoms with Crippen LogP contribution in [0.3, 0.4) is 0 Å². The highest BCUT2D eigenvalue weighted by atomic mass is 15.2. The summed E-state index contributed by atoms with van der Waals surface area (Å²) >= 11 is 0. The highest BCUT2D eigenvalue weighted by Crippen LogP contribution is 2.63. The summed E-state index contributed by atoms with van der Waals surface area (Å²) in [5.41, 5.74) is 34.0. The van der Waals surface area contributed by atoms with Gasteiger partial charge < -0.3 is 9.71 Å². The number of rotatable bonds is 2. The van der Waals surface area contributed by atoms with E-state index in [9.17, 15) is 0 Å². The SMILES string of the molecule is Cc1cc2c(cc1N1c3cc4c(c5c3B(c3ccc6c(c31)-c1ccccc1C6(C)C)N(c1ccc3c(c1)C(C)(C)CCC3(C)C)c1cc3c(cc1-5)C(C)(C)CCC3(C)C)-c1ccccc1C4(C)C)C(C)(C)CCC2(C)C. The summed E-state index contributed by atoms with van der Waals surface area (Å²) in [6.07, 6.45) is 7.07. The van der Waals surface area contributed by atoms with Gasteiger partial charge in [0.25, 0.3) is 0 Å². The molecule has 0 spiro atoms. The Morgan fingerprint density at radius 3 is 1.38 bits per heavy atom. The summed E-state index contributed by atoms with van der Waals surface area (Å²) in [7, 11) is 0. The van der Waals surface area contributed by atoms with Gasteiger partial charge in [0, 0.05) is 44.7 Å². The molecule has 0 N–H and O–H groups in total. The lowest BCUT2D eigenvalue weighted by Crippen LogP contribution is -2.62. The summed E-state index contributed by atoms with van der Waals surface area (Å²) in [4.78, 5) is 5.73. The van der Waals surface area contributed by atoms with E-state index >= 15 is 0 Å². The minimum Gasteiger partial charge on any atom is -0.376 e. The van der Waals surface area contributed by atoms with Crippen LogP contribution in [-0.4, -0.2) is 6.85 Å². The van der Waals surface area contributed by atoms with Gasteiger partial charge in [-0.15, -0.1) is 0 Å². The molecule has 14 rings (SSSR count). The van der Waals surface area contributed by atoms with Crippen molar-refractivity contribution in [3.8, 4) is 33.4 Å². The molecule has 7 aliphatic rings. The van der Waals surface area contributed by atoms with Crippen molar-refractivity contribution < 1.29 is 0 Å².